The van der Waals surface area contributed by atoms with Gasteiger partial charge in [-0.25, -0.2) is 13.5 Å². The van der Waals surface area contributed by atoms with Gasteiger partial charge in [0, 0.05) is 17.3 Å². The number of amides is 1. The molecule has 0 aliphatic heterocycles. The van der Waals surface area contributed by atoms with Crippen molar-refractivity contribution >= 4 is 11.6 Å². The van der Waals surface area contributed by atoms with Crippen LogP contribution in [-0.2, 0) is 11.3 Å². The van der Waals surface area contributed by atoms with E-state index in [1.54, 1.807) is 0 Å². The Kier molecular flexibility index (Phi) is 4.65. The quantitative estimate of drug-likeness (QED) is 0.794. The first-order valence-electron chi connectivity index (χ1n) is 7.41. The Morgan fingerprint density at radius 1 is 1.00 bits per heavy atom. The Hall–Kier alpha value is -3.35. The number of aromatic nitrogens is 2. The largest absolute Gasteiger partial charge is 0.324 e. The maximum Gasteiger partial charge on any atom is 0.267 e. The van der Waals surface area contributed by atoms with Gasteiger partial charge in [0.15, 0.2) is 0 Å². The molecule has 0 saturated heterocycles. The maximum absolute atomic E-state index is 13.1. The van der Waals surface area contributed by atoms with E-state index in [1.807, 2.05) is 0 Å². The van der Waals surface area contributed by atoms with Crippen LogP contribution in [0.1, 0.15) is 0 Å². The summed E-state index contributed by atoms with van der Waals surface area (Å²) in [5.41, 5.74) is 0.867. The topological polar surface area (TPSA) is 64.0 Å². The Bertz CT molecular complexity index is 969. The third-order valence-electron chi connectivity index (χ3n) is 3.41. The molecule has 3 rings (SSSR count). The van der Waals surface area contributed by atoms with E-state index in [9.17, 15) is 18.4 Å². The van der Waals surface area contributed by atoms with Crippen molar-refractivity contribution in [2.75, 3.05) is 5.32 Å². The van der Waals surface area contributed by atoms with Gasteiger partial charge in [0.25, 0.3) is 5.56 Å². The number of nitrogens with one attached hydrogen (secondary N) is 1. The summed E-state index contributed by atoms with van der Waals surface area (Å²) in [6.07, 6.45) is 0. The van der Waals surface area contributed by atoms with Gasteiger partial charge in [-0.2, -0.15) is 5.10 Å². The summed E-state index contributed by atoms with van der Waals surface area (Å²) in [5.74, 6) is -1.38. The molecule has 0 aliphatic rings. The number of halogens is 2. The summed E-state index contributed by atoms with van der Waals surface area (Å²) in [5, 5.41) is 6.62. The Labute approximate surface area is 141 Å². The molecule has 3 aromatic rings. The Morgan fingerprint density at radius 3 is 2.48 bits per heavy atom. The van der Waals surface area contributed by atoms with Crippen LogP contribution in [0, 0.1) is 11.6 Å². The molecule has 1 N–H and O–H groups in total. The van der Waals surface area contributed by atoms with Crippen LogP contribution < -0.4 is 10.9 Å². The molecule has 0 atom stereocenters. The first-order chi connectivity index (χ1) is 12.0. The second-order valence-electron chi connectivity index (χ2n) is 5.28. The van der Waals surface area contributed by atoms with Crippen LogP contribution in [-0.4, -0.2) is 15.7 Å². The Balaban J connectivity index is 1.80. The van der Waals surface area contributed by atoms with E-state index in [0.29, 0.717) is 11.3 Å². The summed E-state index contributed by atoms with van der Waals surface area (Å²) in [6.45, 7) is -0.329. The highest BCUT2D eigenvalue weighted by Crippen LogP contribution is 2.15. The van der Waals surface area contributed by atoms with E-state index in [1.165, 1.54) is 60.7 Å². The van der Waals surface area contributed by atoms with E-state index >= 15 is 0 Å². The number of carbonyl (C=O) groups excluding carboxylic acids is 1. The van der Waals surface area contributed by atoms with Crippen molar-refractivity contribution in [1.82, 2.24) is 9.78 Å². The fourth-order valence-electron chi connectivity index (χ4n) is 2.24. The van der Waals surface area contributed by atoms with Gasteiger partial charge in [0.1, 0.15) is 18.2 Å². The lowest BCUT2D eigenvalue weighted by Crippen LogP contribution is -2.29. The lowest BCUT2D eigenvalue weighted by Gasteiger charge is -2.08. The smallest absolute Gasteiger partial charge is 0.267 e. The van der Waals surface area contributed by atoms with Crippen molar-refractivity contribution in [3.05, 3.63) is 82.7 Å². The zero-order chi connectivity index (χ0) is 17.8. The van der Waals surface area contributed by atoms with Gasteiger partial charge in [-0.1, -0.05) is 6.07 Å². The van der Waals surface area contributed by atoms with Crippen LogP contribution >= 0.6 is 0 Å². The first kappa shape index (κ1) is 16.5. The molecule has 2 aromatic carbocycles. The third-order valence-corrected chi connectivity index (χ3v) is 3.41. The summed E-state index contributed by atoms with van der Waals surface area (Å²) in [4.78, 5) is 24.0. The maximum atomic E-state index is 13.1. The van der Waals surface area contributed by atoms with Crippen molar-refractivity contribution in [1.29, 1.82) is 0 Å². The summed E-state index contributed by atoms with van der Waals surface area (Å²) in [6, 6.07) is 13.8. The van der Waals surface area contributed by atoms with Crippen molar-refractivity contribution in [2.45, 2.75) is 6.54 Å². The minimum atomic E-state index is -0.517. The van der Waals surface area contributed by atoms with E-state index in [2.05, 4.69) is 10.4 Å². The second-order valence-corrected chi connectivity index (χ2v) is 5.28. The highest BCUT2D eigenvalue weighted by atomic mass is 19.1. The Morgan fingerprint density at radius 2 is 1.76 bits per heavy atom. The molecule has 25 heavy (non-hydrogen) atoms. The zero-order valence-electron chi connectivity index (χ0n) is 12.9. The van der Waals surface area contributed by atoms with Crippen LogP contribution in [0.5, 0.6) is 0 Å². The molecule has 0 aliphatic carbocycles. The summed E-state index contributed by atoms with van der Waals surface area (Å²) < 4.78 is 27.1. The van der Waals surface area contributed by atoms with Gasteiger partial charge >= 0.3 is 0 Å². The summed E-state index contributed by atoms with van der Waals surface area (Å²) in [7, 11) is 0. The monoisotopic (exact) mass is 341 g/mol. The molecule has 0 spiro atoms. The first-order valence-corrected chi connectivity index (χ1v) is 7.41. The lowest BCUT2D eigenvalue weighted by atomic mass is 10.1. The van der Waals surface area contributed by atoms with Crippen LogP contribution in [0.3, 0.4) is 0 Å². The van der Waals surface area contributed by atoms with Gasteiger partial charge in [-0.3, -0.25) is 9.59 Å². The fourth-order valence-corrected chi connectivity index (χ4v) is 2.24. The molecule has 0 bridgehead atoms. The van der Waals surface area contributed by atoms with Gasteiger partial charge in [0.2, 0.25) is 5.91 Å². The average molecular weight is 341 g/mol. The number of rotatable bonds is 4. The molecule has 7 heteroatoms. The van der Waals surface area contributed by atoms with Crippen LogP contribution in [0.2, 0.25) is 0 Å². The average Bonchev–Trinajstić information content (AvgIpc) is 2.57. The van der Waals surface area contributed by atoms with Crippen molar-refractivity contribution in [3.63, 3.8) is 0 Å². The second kappa shape index (κ2) is 7.04. The fraction of sp³-hybridized carbons (Fsp3) is 0.0556. The molecule has 0 fully saturated rings. The van der Waals surface area contributed by atoms with Crippen LogP contribution in [0.15, 0.2) is 65.5 Å². The number of benzene rings is 2. The minimum Gasteiger partial charge on any atom is -0.324 e. The van der Waals surface area contributed by atoms with Crippen molar-refractivity contribution in [3.8, 4) is 11.3 Å². The molecule has 0 saturated carbocycles. The van der Waals surface area contributed by atoms with Crippen molar-refractivity contribution in [2.24, 2.45) is 0 Å². The van der Waals surface area contributed by atoms with Crippen molar-refractivity contribution < 1.29 is 13.6 Å². The van der Waals surface area contributed by atoms with Gasteiger partial charge in [-0.15, -0.1) is 0 Å². The molecular weight excluding hydrogens is 328 g/mol. The van der Waals surface area contributed by atoms with Gasteiger partial charge in [0.05, 0.1) is 5.69 Å². The molecular formula is C18H13F2N3O2. The molecule has 1 heterocycles. The molecule has 0 radical (unpaired) electrons. The predicted octanol–water partition coefficient (Wildman–Crippen LogP) is 2.83. The molecule has 5 nitrogen and oxygen atoms in total. The number of carbonyl (C=O) groups is 1. The number of hydrogen-bond acceptors (Lipinski definition) is 3. The van der Waals surface area contributed by atoms with E-state index in [-0.39, 0.29) is 18.0 Å². The van der Waals surface area contributed by atoms with E-state index < -0.39 is 17.3 Å². The predicted molar refractivity (Wildman–Crippen MR) is 88.9 cm³/mol. The summed E-state index contributed by atoms with van der Waals surface area (Å²) >= 11 is 0. The van der Waals surface area contributed by atoms with E-state index in [4.69, 9.17) is 0 Å². The normalized spacial score (nSPS) is 10.5. The zero-order valence-corrected chi connectivity index (χ0v) is 12.9. The number of hydrogen-bond donors (Lipinski definition) is 1. The standard InChI is InChI=1S/C18H13F2N3O2/c19-13-6-4-12(5-7-13)16-8-9-18(25)23(22-16)11-17(24)21-15-3-1-2-14(20)10-15/h1-10H,11H2,(H,21,24). The SMILES string of the molecule is O=C(Cn1nc(-c2ccc(F)cc2)ccc1=O)Nc1cccc(F)c1. The lowest BCUT2D eigenvalue weighted by molar-refractivity contribution is -0.117. The van der Waals surface area contributed by atoms with E-state index in [0.717, 1.165) is 4.68 Å². The minimum absolute atomic E-state index is 0.285. The third kappa shape index (κ3) is 4.14. The highest BCUT2D eigenvalue weighted by molar-refractivity contribution is 5.90. The molecule has 0 unspecified atom stereocenters. The number of anilines is 1. The van der Waals surface area contributed by atoms with Gasteiger partial charge < -0.3 is 5.32 Å². The van der Waals surface area contributed by atoms with Gasteiger partial charge in [-0.05, 0) is 48.5 Å². The molecule has 1 amide bonds. The number of nitrogens with zero attached hydrogens (tertiary/aromatic N) is 2. The molecule has 1 aromatic heterocycles. The van der Waals surface area contributed by atoms with Crippen LogP contribution in [0.25, 0.3) is 11.3 Å². The molecule has 126 valence electrons. The van der Waals surface area contributed by atoms with Crippen LogP contribution in [0.4, 0.5) is 14.5 Å². The highest BCUT2D eigenvalue weighted by Gasteiger charge is 2.09.